The van der Waals surface area contributed by atoms with Crippen LogP contribution in [0.15, 0.2) is 23.3 Å². The number of halogens is 1. The number of hydrogen-bond acceptors (Lipinski definition) is 2. The van der Waals surface area contributed by atoms with Crippen LogP contribution in [0.1, 0.15) is 0 Å². The Balaban J connectivity index is 3.22. The van der Waals surface area contributed by atoms with Crippen molar-refractivity contribution in [2.24, 2.45) is 5.11 Å². The summed E-state index contributed by atoms with van der Waals surface area (Å²) in [5.74, 6) is 0.0248. The Labute approximate surface area is 67.7 Å². The molecule has 0 aromatic heterocycles. The van der Waals surface area contributed by atoms with Crippen molar-refractivity contribution in [1.82, 2.24) is 0 Å². The highest BCUT2D eigenvalue weighted by Crippen LogP contribution is 2.28. The van der Waals surface area contributed by atoms with Crippen molar-refractivity contribution < 1.29 is 5.11 Å². The number of hydrogen-bond donors (Lipinski definition) is 1. The smallest absolute Gasteiger partial charge is 0.116 e. The molecule has 0 bridgehead atoms. The van der Waals surface area contributed by atoms with Gasteiger partial charge in [0.2, 0.25) is 0 Å². The molecule has 0 saturated carbocycles. The van der Waals surface area contributed by atoms with Gasteiger partial charge in [0, 0.05) is 4.91 Å². The third-order valence-electron chi connectivity index (χ3n) is 1.08. The minimum atomic E-state index is 0.0248. The van der Waals surface area contributed by atoms with Crippen LogP contribution in [0.4, 0.5) is 5.69 Å². The second kappa shape index (κ2) is 3.14. The SMILES string of the molecule is [N-]=[N+]=Nc1cc(O)ccc1Cl. The van der Waals surface area contributed by atoms with Crippen LogP contribution in [0.5, 0.6) is 5.75 Å². The summed E-state index contributed by atoms with van der Waals surface area (Å²) in [5.41, 5.74) is 8.28. The highest BCUT2D eigenvalue weighted by molar-refractivity contribution is 6.33. The summed E-state index contributed by atoms with van der Waals surface area (Å²) in [4.78, 5) is 2.54. The molecule has 0 heterocycles. The fourth-order valence-electron chi connectivity index (χ4n) is 0.626. The molecule has 1 rings (SSSR count). The van der Waals surface area contributed by atoms with Crippen LogP contribution in [-0.2, 0) is 0 Å². The van der Waals surface area contributed by atoms with Crippen molar-refractivity contribution in [2.45, 2.75) is 0 Å². The van der Waals surface area contributed by atoms with Gasteiger partial charge in [0.25, 0.3) is 0 Å². The zero-order chi connectivity index (χ0) is 8.27. The second-order valence-electron chi connectivity index (χ2n) is 1.83. The molecule has 0 atom stereocenters. The van der Waals surface area contributed by atoms with Crippen molar-refractivity contribution >= 4 is 17.3 Å². The predicted octanol–water partition coefficient (Wildman–Crippen LogP) is 2.99. The second-order valence-corrected chi connectivity index (χ2v) is 2.23. The minimum Gasteiger partial charge on any atom is -0.508 e. The number of benzene rings is 1. The Morgan fingerprint density at radius 2 is 2.27 bits per heavy atom. The molecule has 4 nitrogen and oxygen atoms in total. The fourth-order valence-corrected chi connectivity index (χ4v) is 0.781. The number of rotatable bonds is 1. The first-order valence-corrected chi connectivity index (χ1v) is 3.15. The van der Waals surface area contributed by atoms with Gasteiger partial charge < -0.3 is 5.11 Å². The molecule has 0 aliphatic rings. The van der Waals surface area contributed by atoms with Crippen LogP contribution in [0, 0.1) is 0 Å². The van der Waals surface area contributed by atoms with Gasteiger partial charge in [0.05, 0.1) is 10.7 Å². The molecule has 5 heteroatoms. The third kappa shape index (κ3) is 1.77. The number of phenolic OH excluding ortho intramolecular Hbond substituents is 1. The van der Waals surface area contributed by atoms with E-state index in [2.05, 4.69) is 10.0 Å². The van der Waals surface area contributed by atoms with E-state index in [-0.39, 0.29) is 11.4 Å². The molecule has 0 amide bonds. The van der Waals surface area contributed by atoms with Crippen LogP contribution in [0.3, 0.4) is 0 Å². The maximum Gasteiger partial charge on any atom is 0.116 e. The van der Waals surface area contributed by atoms with Crippen LogP contribution in [0.2, 0.25) is 5.02 Å². The van der Waals surface area contributed by atoms with E-state index in [9.17, 15) is 0 Å². The molecule has 1 N–H and O–H groups in total. The third-order valence-corrected chi connectivity index (χ3v) is 1.40. The van der Waals surface area contributed by atoms with Gasteiger partial charge in [0.1, 0.15) is 5.75 Å². The van der Waals surface area contributed by atoms with E-state index >= 15 is 0 Å². The Hall–Kier alpha value is -1.38. The van der Waals surface area contributed by atoms with Crippen LogP contribution in [0.25, 0.3) is 10.4 Å². The molecule has 1 aromatic carbocycles. The molecular formula is C6H4ClN3O. The lowest BCUT2D eigenvalue weighted by atomic mass is 10.3. The molecule has 56 valence electrons. The van der Waals surface area contributed by atoms with Gasteiger partial charge in [0.15, 0.2) is 0 Å². The van der Waals surface area contributed by atoms with Gasteiger partial charge in [-0.3, -0.25) is 0 Å². The van der Waals surface area contributed by atoms with Gasteiger partial charge in [-0.25, -0.2) is 0 Å². The molecule has 0 radical (unpaired) electrons. The van der Waals surface area contributed by atoms with Crippen molar-refractivity contribution in [3.8, 4) is 5.75 Å². The highest BCUT2D eigenvalue weighted by atomic mass is 35.5. The summed E-state index contributed by atoms with van der Waals surface area (Å²) >= 11 is 5.60. The molecule has 0 saturated heterocycles. The number of nitrogens with zero attached hydrogens (tertiary/aromatic N) is 3. The molecule has 0 unspecified atom stereocenters. The van der Waals surface area contributed by atoms with E-state index in [1.54, 1.807) is 0 Å². The van der Waals surface area contributed by atoms with Gasteiger partial charge >= 0.3 is 0 Å². The quantitative estimate of drug-likeness (QED) is 0.392. The van der Waals surface area contributed by atoms with Gasteiger partial charge in [-0.1, -0.05) is 16.7 Å². The van der Waals surface area contributed by atoms with Crippen LogP contribution >= 0.6 is 11.6 Å². The van der Waals surface area contributed by atoms with E-state index in [4.69, 9.17) is 22.2 Å². The monoisotopic (exact) mass is 169 g/mol. The van der Waals surface area contributed by atoms with Gasteiger partial charge in [-0.15, -0.1) is 0 Å². The average Bonchev–Trinajstić information content (AvgIpc) is 1.98. The average molecular weight is 170 g/mol. The molecule has 0 spiro atoms. The summed E-state index contributed by atoms with van der Waals surface area (Å²) in [6, 6.07) is 4.17. The van der Waals surface area contributed by atoms with E-state index in [0.717, 1.165) is 0 Å². The molecule has 0 aliphatic carbocycles. The van der Waals surface area contributed by atoms with E-state index in [1.807, 2.05) is 0 Å². The molecule has 0 aliphatic heterocycles. The first-order valence-electron chi connectivity index (χ1n) is 2.77. The van der Waals surface area contributed by atoms with Gasteiger partial charge in [-0.05, 0) is 23.7 Å². The molecular weight excluding hydrogens is 166 g/mol. The Morgan fingerprint density at radius 3 is 2.91 bits per heavy atom. The zero-order valence-electron chi connectivity index (χ0n) is 5.40. The summed E-state index contributed by atoms with van der Waals surface area (Å²) in [6.07, 6.45) is 0. The molecule has 11 heavy (non-hydrogen) atoms. The molecule has 1 aromatic rings. The van der Waals surface area contributed by atoms with Crippen molar-refractivity contribution in [3.63, 3.8) is 0 Å². The topological polar surface area (TPSA) is 69.0 Å². The largest absolute Gasteiger partial charge is 0.508 e. The summed E-state index contributed by atoms with van der Waals surface area (Å²) in [5, 5.41) is 12.5. The summed E-state index contributed by atoms with van der Waals surface area (Å²) < 4.78 is 0. The lowest BCUT2D eigenvalue weighted by molar-refractivity contribution is 0.475. The summed E-state index contributed by atoms with van der Waals surface area (Å²) in [6.45, 7) is 0. The highest BCUT2D eigenvalue weighted by Gasteiger charge is 1.97. The first-order chi connectivity index (χ1) is 5.24. The zero-order valence-corrected chi connectivity index (χ0v) is 6.15. The fraction of sp³-hybridized carbons (Fsp3) is 0. The first kappa shape index (κ1) is 7.72. The maximum absolute atomic E-state index is 8.92. The lowest BCUT2D eigenvalue weighted by Crippen LogP contribution is -1.66. The summed E-state index contributed by atoms with van der Waals surface area (Å²) in [7, 11) is 0. The van der Waals surface area contributed by atoms with Crippen molar-refractivity contribution in [2.75, 3.05) is 0 Å². The standard InChI is InChI=1S/C6H4ClN3O/c7-5-2-1-4(11)3-6(5)9-10-8/h1-3,11H. The van der Waals surface area contributed by atoms with Crippen molar-refractivity contribution in [3.05, 3.63) is 33.7 Å². The predicted molar refractivity (Wildman–Crippen MR) is 41.9 cm³/mol. The van der Waals surface area contributed by atoms with Crippen LogP contribution in [-0.4, -0.2) is 5.11 Å². The Bertz CT molecular complexity index is 320. The Morgan fingerprint density at radius 1 is 1.55 bits per heavy atom. The van der Waals surface area contributed by atoms with E-state index in [1.165, 1.54) is 18.2 Å². The normalized spacial score (nSPS) is 8.82. The van der Waals surface area contributed by atoms with Crippen molar-refractivity contribution in [1.29, 1.82) is 0 Å². The lowest BCUT2D eigenvalue weighted by Gasteiger charge is -1.95. The van der Waals surface area contributed by atoms with Crippen LogP contribution < -0.4 is 0 Å². The van der Waals surface area contributed by atoms with Gasteiger partial charge in [-0.2, -0.15) is 0 Å². The number of azide groups is 1. The molecule has 0 fully saturated rings. The minimum absolute atomic E-state index is 0.0248. The number of phenols is 1. The maximum atomic E-state index is 8.92. The number of aromatic hydroxyl groups is 1. The van der Waals surface area contributed by atoms with E-state index in [0.29, 0.717) is 5.02 Å². The Kier molecular flexibility index (Phi) is 2.21. The van der Waals surface area contributed by atoms with E-state index < -0.39 is 0 Å².